The molecule has 0 atom stereocenters. The van der Waals surface area contributed by atoms with Crippen molar-refractivity contribution in [2.75, 3.05) is 11.9 Å². The average molecular weight is 416 g/mol. The van der Waals surface area contributed by atoms with E-state index in [2.05, 4.69) is 10.4 Å². The van der Waals surface area contributed by atoms with Gasteiger partial charge in [0.25, 0.3) is 5.91 Å². The average Bonchev–Trinajstić information content (AvgIpc) is 3.01. The zero-order valence-corrected chi connectivity index (χ0v) is 16.7. The van der Waals surface area contributed by atoms with Gasteiger partial charge in [0.2, 0.25) is 0 Å². The van der Waals surface area contributed by atoms with E-state index in [0.29, 0.717) is 17.1 Å². The summed E-state index contributed by atoms with van der Waals surface area (Å²) < 4.78 is 19.5. The summed E-state index contributed by atoms with van der Waals surface area (Å²) in [5, 5.41) is 6.91. The molecule has 3 rings (SSSR count). The Kier molecular flexibility index (Phi) is 6.29. The lowest BCUT2D eigenvalue weighted by atomic mass is 10.1. The summed E-state index contributed by atoms with van der Waals surface area (Å²) in [7, 11) is 0. The van der Waals surface area contributed by atoms with Gasteiger partial charge in [-0.2, -0.15) is 5.10 Å². The molecule has 29 heavy (non-hydrogen) atoms. The maximum absolute atomic E-state index is 13.1. The van der Waals surface area contributed by atoms with Gasteiger partial charge in [0.05, 0.1) is 11.4 Å². The van der Waals surface area contributed by atoms with Crippen LogP contribution in [0, 0.1) is 12.7 Å². The molecular formula is C21H19ClFN3O3. The van der Waals surface area contributed by atoms with Crippen molar-refractivity contribution in [1.82, 2.24) is 9.78 Å². The SMILES string of the molecule is CCc1cccc(NC(=O)COC(=O)c2c(C)nn(-c3ccc(F)cc3)c2Cl)c1. The lowest BCUT2D eigenvalue weighted by Gasteiger charge is -2.08. The standard InChI is InChI=1S/C21H19ClFN3O3/c1-3-14-5-4-6-16(11-14)24-18(27)12-29-21(28)19-13(2)25-26(20(19)22)17-9-7-15(23)8-10-17/h4-11H,3,12H2,1-2H3,(H,24,27). The first kappa shape index (κ1) is 20.5. The molecule has 0 unspecified atom stereocenters. The minimum Gasteiger partial charge on any atom is -0.452 e. The summed E-state index contributed by atoms with van der Waals surface area (Å²) in [6.07, 6.45) is 0.842. The second-order valence-electron chi connectivity index (χ2n) is 6.32. The minimum absolute atomic E-state index is 0.0233. The molecule has 0 aliphatic heterocycles. The number of aromatic nitrogens is 2. The van der Waals surface area contributed by atoms with Crippen LogP contribution in [0.15, 0.2) is 48.5 Å². The maximum Gasteiger partial charge on any atom is 0.343 e. The van der Waals surface area contributed by atoms with E-state index in [4.69, 9.17) is 16.3 Å². The van der Waals surface area contributed by atoms with Gasteiger partial charge in [0, 0.05) is 5.69 Å². The number of halogens is 2. The highest BCUT2D eigenvalue weighted by atomic mass is 35.5. The van der Waals surface area contributed by atoms with E-state index in [9.17, 15) is 14.0 Å². The van der Waals surface area contributed by atoms with Gasteiger partial charge in [-0.15, -0.1) is 0 Å². The van der Waals surface area contributed by atoms with Crippen LogP contribution in [0.2, 0.25) is 5.15 Å². The van der Waals surface area contributed by atoms with Gasteiger partial charge in [0.15, 0.2) is 6.61 Å². The summed E-state index contributed by atoms with van der Waals surface area (Å²) in [5.41, 5.74) is 2.59. The monoisotopic (exact) mass is 415 g/mol. The molecule has 0 radical (unpaired) electrons. The lowest BCUT2D eigenvalue weighted by molar-refractivity contribution is -0.119. The number of nitrogens with zero attached hydrogens (tertiary/aromatic N) is 2. The van der Waals surface area contributed by atoms with Crippen molar-refractivity contribution >= 4 is 29.2 Å². The lowest BCUT2D eigenvalue weighted by Crippen LogP contribution is -2.21. The Balaban J connectivity index is 1.67. The van der Waals surface area contributed by atoms with E-state index in [1.54, 1.807) is 13.0 Å². The predicted molar refractivity (Wildman–Crippen MR) is 108 cm³/mol. The molecule has 0 saturated heterocycles. The number of aryl methyl sites for hydroxylation is 2. The number of anilines is 1. The second-order valence-corrected chi connectivity index (χ2v) is 6.68. The van der Waals surface area contributed by atoms with Crippen molar-refractivity contribution in [1.29, 1.82) is 0 Å². The van der Waals surface area contributed by atoms with E-state index in [1.165, 1.54) is 28.9 Å². The Morgan fingerprint density at radius 2 is 1.93 bits per heavy atom. The molecule has 1 aromatic heterocycles. The third-order valence-corrected chi connectivity index (χ3v) is 4.58. The van der Waals surface area contributed by atoms with Gasteiger partial charge in [-0.05, 0) is 55.3 Å². The van der Waals surface area contributed by atoms with Gasteiger partial charge < -0.3 is 10.1 Å². The summed E-state index contributed by atoms with van der Waals surface area (Å²) in [5.74, 6) is -1.63. The van der Waals surface area contributed by atoms with Crippen molar-refractivity contribution in [2.24, 2.45) is 0 Å². The van der Waals surface area contributed by atoms with Crippen LogP contribution in [-0.2, 0) is 16.0 Å². The van der Waals surface area contributed by atoms with Crippen LogP contribution in [0.4, 0.5) is 10.1 Å². The van der Waals surface area contributed by atoms with Gasteiger partial charge in [-0.1, -0.05) is 30.7 Å². The Bertz CT molecular complexity index is 1050. The zero-order valence-electron chi connectivity index (χ0n) is 15.9. The molecule has 0 aliphatic rings. The highest BCUT2D eigenvalue weighted by Gasteiger charge is 2.23. The Morgan fingerprint density at radius 3 is 2.62 bits per heavy atom. The van der Waals surface area contributed by atoms with Crippen molar-refractivity contribution in [3.05, 3.63) is 76.3 Å². The topological polar surface area (TPSA) is 73.2 Å². The first-order valence-electron chi connectivity index (χ1n) is 8.96. The third-order valence-electron chi connectivity index (χ3n) is 4.23. The van der Waals surface area contributed by atoms with Crippen LogP contribution < -0.4 is 5.32 Å². The molecule has 3 aromatic rings. The normalized spacial score (nSPS) is 10.6. The number of carbonyl (C=O) groups excluding carboxylic acids is 2. The molecule has 0 fully saturated rings. The van der Waals surface area contributed by atoms with Crippen molar-refractivity contribution < 1.29 is 18.7 Å². The summed E-state index contributed by atoms with van der Waals surface area (Å²) in [6.45, 7) is 3.15. The van der Waals surface area contributed by atoms with Gasteiger partial charge in [-0.25, -0.2) is 13.9 Å². The van der Waals surface area contributed by atoms with Crippen LogP contribution in [0.25, 0.3) is 5.69 Å². The molecular weight excluding hydrogens is 397 g/mol. The summed E-state index contributed by atoms with van der Waals surface area (Å²) >= 11 is 6.28. The highest BCUT2D eigenvalue weighted by Crippen LogP contribution is 2.24. The number of carbonyl (C=O) groups is 2. The third kappa shape index (κ3) is 4.81. The molecule has 0 saturated carbocycles. The Labute approximate surface area is 172 Å². The van der Waals surface area contributed by atoms with Crippen LogP contribution in [0.3, 0.4) is 0 Å². The number of benzene rings is 2. The zero-order chi connectivity index (χ0) is 21.0. The number of amides is 1. The minimum atomic E-state index is -0.765. The number of rotatable bonds is 6. The van der Waals surface area contributed by atoms with E-state index in [-0.39, 0.29) is 10.7 Å². The number of hydrogen-bond donors (Lipinski definition) is 1. The smallest absolute Gasteiger partial charge is 0.343 e. The fraction of sp³-hybridized carbons (Fsp3) is 0.190. The molecule has 0 spiro atoms. The number of ether oxygens (including phenoxy) is 1. The van der Waals surface area contributed by atoms with Gasteiger partial charge in [-0.3, -0.25) is 4.79 Å². The van der Waals surface area contributed by atoms with Crippen LogP contribution in [0.5, 0.6) is 0 Å². The molecule has 8 heteroatoms. The van der Waals surface area contributed by atoms with Crippen molar-refractivity contribution in [2.45, 2.75) is 20.3 Å². The molecule has 1 amide bonds. The summed E-state index contributed by atoms with van der Waals surface area (Å²) in [6, 6.07) is 12.9. The first-order valence-corrected chi connectivity index (χ1v) is 9.33. The highest BCUT2D eigenvalue weighted by molar-refractivity contribution is 6.33. The number of hydrogen-bond acceptors (Lipinski definition) is 4. The predicted octanol–water partition coefficient (Wildman–Crippen LogP) is 4.33. The quantitative estimate of drug-likeness (QED) is 0.608. The fourth-order valence-electron chi connectivity index (χ4n) is 2.75. The number of nitrogens with one attached hydrogen (secondary N) is 1. The first-order chi connectivity index (χ1) is 13.9. The molecule has 150 valence electrons. The largest absolute Gasteiger partial charge is 0.452 e. The molecule has 1 heterocycles. The summed E-state index contributed by atoms with van der Waals surface area (Å²) in [4.78, 5) is 24.5. The Morgan fingerprint density at radius 1 is 1.21 bits per heavy atom. The van der Waals surface area contributed by atoms with E-state index < -0.39 is 24.3 Å². The molecule has 0 bridgehead atoms. The van der Waals surface area contributed by atoms with Crippen molar-refractivity contribution in [3.8, 4) is 5.69 Å². The molecule has 1 N–H and O–H groups in total. The van der Waals surface area contributed by atoms with Crippen LogP contribution >= 0.6 is 11.6 Å². The fourth-order valence-corrected chi connectivity index (χ4v) is 3.10. The van der Waals surface area contributed by atoms with Crippen molar-refractivity contribution in [3.63, 3.8) is 0 Å². The maximum atomic E-state index is 13.1. The van der Waals surface area contributed by atoms with Crippen LogP contribution in [0.1, 0.15) is 28.5 Å². The van der Waals surface area contributed by atoms with E-state index in [1.807, 2.05) is 25.1 Å². The molecule has 2 aromatic carbocycles. The van der Waals surface area contributed by atoms with Crippen LogP contribution in [-0.4, -0.2) is 28.3 Å². The molecule has 0 aliphatic carbocycles. The van der Waals surface area contributed by atoms with Gasteiger partial charge >= 0.3 is 5.97 Å². The number of esters is 1. The second kappa shape index (κ2) is 8.87. The van der Waals surface area contributed by atoms with E-state index in [0.717, 1.165) is 12.0 Å². The molecule has 6 nitrogen and oxygen atoms in total. The van der Waals surface area contributed by atoms with E-state index >= 15 is 0 Å². The van der Waals surface area contributed by atoms with Gasteiger partial charge in [0.1, 0.15) is 16.5 Å². The Hall–Kier alpha value is -3.19.